The van der Waals surface area contributed by atoms with Crippen molar-refractivity contribution >= 4 is 45.2 Å². The Labute approximate surface area is 189 Å². The number of carbonyl (C=O) groups excluding carboxylic acids is 1. The van der Waals surface area contributed by atoms with Crippen molar-refractivity contribution in [1.82, 2.24) is 19.4 Å². The van der Waals surface area contributed by atoms with Crippen LogP contribution in [0.1, 0.15) is 12.6 Å². The standard InChI is InChI=1S/C24H20N6OS/c1-16-22(29-14-6-13-25-23(29)26-16)21-15-32-24(28-21)27-18-9-11-20(12-10-18)30(17(2)31)19-7-4-3-5-8-19/h3-15H,1-2H3,(H,27,28). The summed E-state index contributed by atoms with van der Waals surface area (Å²) < 4.78 is 1.95. The van der Waals surface area contributed by atoms with E-state index < -0.39 is 0 Å². The minimum Gasteiger partial charge on any atom is -0.332 e. The van der Waals surface area contributed by atoms with E-state index in [2.05, 4.69) is 15.3 Å². The molecule has 5 aromatic rings. The predicted molar refractivity (Wildman–Crippen MR) is 128 cm³/mol. The van der Waals surface area contributed by atoms with Gasteiger partial charge in [0.25, 0.3) is 0 Å². The average molecular weight is 441 g/mol. The molecule has 3 heterocycles. The highest BCUT2D eigenvalue weighted by atomic mass is 32.1. The summed E-state index contributed by atoms with van der Waals surface area (Å²) >= 11 is 1.52. The van der Waals surface area contributed by atoms with E-state index >= 15 is 0 Å². The van der Waals surface area contributed by atoms with Crippen molar-refractivity contribution in [2.45, 2.75) is 13.8 Å². The molecule has 0 bridgehead atoms. The molecular formula is C24H20N6OS. The number of rotatable bonds is 5. The monoisotopic (exact) mass is 440 g/mol. The van der Waals surface area contributed by atoms with Gasteiger partial charge in [-0.25, -0.2) is 15.0 Å². The minimum atomic E-state index is -0.0423. The molecule has 0 spiro atoms. The molecule has 1 N–H and O–H groups in total. The van der Waals surface area contributed by atoms with E-state index in [1.807, 2.05) is 83.6 Å². The Balaban J connectivity index is 1.38. The quantitative estimate of drug-likeness (QED) is 0.386. The summed E-state index contributed by atoms with van der Waals surface area (Å²) in [7, 11) is 0. The highest BCUT2D eigenvalue weighted by Crippen LogP contribution is 2.31. The van der Waals surface area contributed by atoms with Crippen LogP contribution in [-0.2, 0) is 4.79 Å². The van der Waals surface area contributed by atoms with Gasteiger partial charge in [-0.3, -0.25) is 14.1 Å². The number of anilines is 4. The van der Waals surface area contributed by atoms with Crippen LogP contribution in [0.4, 0.5) is 22.2 Å². The molecule has 1 amide bonds. The van der Waals surface area contributed by atoms with E-state index in [0.717, 1.165) is 39.3 Å². The molecule has 32 heavy (non-hydrogen) atoms. The van der Waals surface area contributed by atoms with Gasteiger partial charge in [0.05, 0.1) is 11.4 Å². The molecule has 0 saturated heterocycles. The van der Waals surface area contributed by atoms with Crippen molar-refractivity contribution in [1.29, 1.82) is 0 Å². The largest absolute Gasteiger partial charge is 0.332 e. The van der Waals surface area contributed by atoms with E-state index in [1.165, 1.54) is 11.3 Å². The fourth-order valence-corrected chi connectivity index (χ4v) is 4.37. The first kappa shape index (κ1) is 19.9. The van der Waals surface area contributed by atoms with Crippen LogP contribution in [0.15, 0.2) is 78.4 Å². The summed E-state index contributed by atoms with van der Waals surface area (Å²) in [5, 5.41) is 6.13. The van der Waals surface area contributed by atoms with Crippen LogP contribution in [0.25, 0.3) is 17.2 Å². The van der Waals surface area contributed by atoms with Gasteiger partial charge < -0.3 is 5.32 Å². The zero-order valence-corrected chi connectivity index (χ0v) is 18.4. The molecule has 158 valence electrons. The molecule has 0 aliphatic carbocycles. The van der Waals surface area contributed by atoms with Crippen molar-refractivity contribution in [3.05, 3.63) is 84.1 Å². The number of nitrogens with one attached hydrogen (secondary N) is 1. The smallest absolute Gasteiger partial charge is 0.234 e. The van der Waals surface area contributed by atoms with Crippen molar-refractivity contribution in [3.8, 4) is 11.4 Å². The Morgan fingerprint density at radius 3 is 2.50 bits per heavy atom. The molecule has 7 nitrogen and oxygen atoms in total. The number of aromatic nitrogens is 4. The normalized spacial score (nSPS) is 10.9. The van der Waals surface area contributed by atoms with Crippen LogP contribution in [0, 0.1) is 6.92 Å². The number of nitrogens with zero attached hydrogens (tertiary/aromatic N) is 5. The van der Waals surface area contributed by atoms with Crippen LogP contribution in [-0.4, -0.2) is 25.3 Å². The highest BCUT2D eigenvalue weighted by Gasteiger charge is 2.16. The predicted octanol–water partition coefficient (Wildman–Crippen LogP) is 5.59. The van der Waals surface area contributed by atoms with Gasteiger partial charge in [-0.05, 0) is 49.4 Å². The summed E-state index contributed by atoms with van der Waals surface area (Å²) in [6.45, 7) is 3.52. The number of hydrogen-bond acceptors (Lipinski definition) is 6. The van der Waals surface area contributed by atoms with Crippen LogP contribution < -0.4 is 10.2 Å². The fraction of sp³-hybridized carbons (Fsp3) is 0.0833. The molecule has 0 radical (unpaired) electrons. The third kappa shape index (κ3) is 3.72. The topological polar surface area (TPSA) is 75.4 Å². The molecule has 0 aliphatic heterocycles. The maximum atomic E-state index is 12.2. The molecular weight excluding hydrogens is 420 g/mol. The third-order valence-electron chi connectivity index (χ3n) is 5.03. The fourth-order valence-electron chi connectivity index (χ4n) is 3.65. The lowest BCUT2D eigenvalue weighted by molar-refractivity contribution is -0.115. The Kier molecular flexibility index (Phi) is 5.12. The molecule has 0 unspecified atom stereocenters. The maximum Gasteiger partial charge on any atom is 0.234 e. The zero-order valence-electron chi connectivity index (χ0n) is 17.6. The van der Waals surface area contributed by atoms with E-state index in [-0.39, 0.29) is 5.91 Å². The number of imidazole rings is 1. The van der Waals surface area contributed by atoms with Gasteiger partial charge in [0.2, 0.25) is 11.7 Å². The van der Waals surface area contributed by atoms with E-state index in [9.17, 15) is 4.79 Å². The number of aryl methyl sites for hydroxylation is 1. The summed E-state index contributed by atoms with van der Waals surface area (Å²) in [6, 6.07) is 19.2. The van der Waals surface area contributed by atoms with Crippen molar-refractivity contribution < 1.29 is 4.79 Å². The molecule has 5 rings (SSSR count). The summed E-state index contributed by atoms with van der Waals surface area (Å²) in [5.74, 6) is 0.617. The average Bonchev–Trinajstić information content (AvgIpc) is 3.38. The number of carbonyl (C=O) groups is 1. The van der Waals surface area contributed by atoms with Gasteiger partial charge in [-0.15, -0.1) is 11.3 Å². The second-order valence-corrected chi connectivity index (χ2v) is 8.09. The van der Waals surface area contributed by atoms with Crippen molar-refractivity contribution in [2.75, 3.05) is 10.2 Å². The number of hydrogen-bond donors (Lipinski definition) is 1. The van der Waals surface area contributed by atoms with Gasteiger partial charge >= 0.3 is 0 Å². The first-order valence-corrected chi connectivity index (χ1v) is 11.0. The maximum absolute atomic E-state index is 12.2. The Bertz CT molecular complexity index is 1390. The summed E-state index contributed by atoms with van der Waals surface area (Å²) in [6.07, 6.45) is 3.67. The van der Waals surface area contributed by atoms with Crippen LogP contribution in [0.3, 0.4) is 0 Å². The lowest BCUT2D eigenvalue weighted by Crippen LogP contribution is -2.22. The minimum absolute atomic E-state index is 0.0423. The Morgan fingerprint density at radius 2 is 1.75 bits per heavy atom. The first-order valence-electron chi connectivity index (χ1n) is 10.1. The van der Waals surface area contributed by atoms with Gasteiger partial charge in [-0.1, -0.05) is 18.2 Å². The van der Waals surface area contributed by atoms with Gasteiger partial charge in [0, 0.05) is 41.8 Å². The van der Waals surface area contributed by atoms with Crippen molar-refractivity contribution in [2.24, 2.45) is 0 Å². The SMILES string of the molecule is CC(=O)N(c1ccccc1)c1ccc(Nc2nc(-c3c(C)nc4ncccn34)cs2)cc1. The molecule has 2 aromatic carbocycles. The highest BCUT2D eigenvalue weighted by molar-refractivity contribution is 7.14. The molecule has 0 fully saturated rings. The number of fused-ring (bicyclic) bond motifs is 1. The number of thiazole rings is 1. The van der Waals surface area contributed by atoms with Crippen LogP contribution in [0.5, 0.6) is 0 Å². The Hall–Kier alpha value is -4.04. The van der Waals surface area contributed by atoms with E-state index in [0.29, 0.717) is 5.78 Å². The zero-order chi connectivity index (χ0) is 22.1. The third-order valence-corrected chi connectivity index (χ3v) is 5.79. The number of benzene rings is 2. The van der Waals surface area contributed by atoms with Gasteiger partial charge in [0.1, 0.15) is 5.69 Å². The van der Waals surface area contributed by atoms with Crippen molar-refractivity contribution in [3.63, 3.8) is 0 Å². The van der Waals surface area contributed by atoms with E-state index in [1.54, 1.807) is 18.0 Å². The molecule has 8 heteroatoms. The summed E-state index contributed by atoms with van der Waals surface area (Å²) in [5.41, 5.74) is 5.20. The lowest BCUT2D eigenvalue weighted by Gasteiger charge is -2.21. The van der Waals surface area contributed by atoms with Crippen LogP contribution >= 0.6 is 11.3 Å². The summed E-state index contributed by atoms with van der Waals surface area (Å²) in [4.78, 5) is 27.5. The van der Waals surface area contributed by atoms with Gasteiger partial charge in [0.15, 0.2) is 5.13 Å². The molecule has 0 atom stereocenters. The number of amides is 1. The molecule has 0 saturated carbocycles. The lowest BCUT2D eigenvalue weighted by atomic mass is 10.2. The van der Waals surface area contributed by atoms with Gasteiger partial charge in [-0.2, -0.15) is 0 Å². The first-order chi connectivity index (χ1) is 15.6. The van der Waals surface area contributed by atoms with E-state index in [4.69, 9.17) is 4.98 Å². The molecule has 3 aromatic heterocycles. The molecule has 0 aliphatic rings. The Morgan fingerprint density at radius 1 is 1.00 bits per heavy atom. The number of para-hydroxylation sites is 1. The van der Waals surface area contributed by atoms with Crippen LogP contribution in [0.2, 0.25) is 0 Å². The second kappa shape index (κ2) is 8.24. The second-order valence-electron chi connectivity index (χ2n) is 7.24.